The van der Waals surface area contributed by atoms with Crippen LogP contribution in [0.3, 0.4) is 0 Å². The van der Waals surface area contributed by atoms with Crippen molar-refractivity contribution < 1.29 is 0 Å². The fraction of sp³-hybridized carbons (Fsp3) is 0.429. The second-order valence-corrected chi connectivity index (χ2v) is 9.90. The summed E-state index contributed by atoms with van der Waals surface area (Å²) in [6, 6.07) is 18.6. The highest BCUT2D eigenvalue weighted by Crippen LogP contribution is 2.49. The van der Waals surface area contributed by atoms with Gasteiger partial charge < -0.3 is 15.1 Å². The molecule has 33 heavy (non-hydrogen) atoms. The maximum absolute atomic E-state index is 4.98. The molecule has 3 aromatic rings. The highest BCUT2D eigenvalue weighted by molar-refractivity contribution is 5.53. The van der Waals surface area contributed by atoms with Gasteiger partial charge in [-0.25, -0.2) is 9.97 Å². The third-order valence-electron chi connectivity index (χ3n) is 7.93. The molecule has 3 heterocycles. The van der Waals surface area contributed by atoms with E-state index in [9.17, 15) is 0 Å². The largest absolute Gasteiger partial charge is 0.365 e. The first-order valence-corrected chi connectivity index (χ1v) is 12.4. The van der Waals surface area contributed by atoms with E-state index >= 15 is 0 Å². The van der Waals surface area contributed by atoms with Gasteiger partial charge in [-0.15, -0.1) is 0 Å². The maximum atomic E-state index is 4.98. The van der Waals surface area contributed by atoms with Crippen LogP contribution in [0.2, 0.25) is 0 Å². The van der Waals surface area contributed by atoms with E-state index in [4.69, 9.17) is 4.98 Å². The standard InChI is InChI=1S/C28H33N5/c1-21-3-5-23(6-4-21)28(12-2-13-28)24-7-9-25(10-8-24)33-16-11-22-19-30-27(31-26(22)20-33)32-17-14-29-15-18-32/h3-10,19,29H,2,11-18,20H2,1H3. The summed E-state index contributed by atoms with van der Waals surface area (Å²) < 4.78 is 0. The van der Waals surface area contributed by atoms with E-state index in [2.05, 4.69) is 81.8 Å². The molecule has 1 aromatic heterocycles. The van der Waals surface area contributed by atoms with Crippen molar-refractivity contribution in [2.24, 2.45) is 0 Å². The Morgan fingerprint density at radius 3 is 2.21 bits per heavy atom. The van der Waals surface area contributed by atoms with Gasteiger partial charge in [0.1, 0.15) is 0 Å². The second-order valence-electron chi connectivity index (χ2n) is 9.90. The number of benzene rings is 2. The molecule has 0 spiro atoms. The third-order valence-corrected chi connectivity index (χ3v) is 7.93. The Balaban J connectivity index is 1.22. The number of anilines is 2. The average Bonchev–Trinajstić information content (AvgIpc) is 2.85. The molecule has 0 atom stereocenters. The molecule has 1 aliphatic carbocycles. The van der Waals surface area contributed by atoms with Crippen molar-refractivity contribution in [2.75, 3.05) is 42.5 Å². The van der Waals surface area contributed by atoms with Crippen LogP contribution in [0.1, 0.15) is 47.2 Å². The molecule has 0 radical (unpaired) electrons. The van der Waals surface area contributed by atoms with Crippen LogP contribution in [0.25, 0.3) is 0 Å². The molecule has 1 N–H and O–H groups in total. The lowest BCUT2D eigenvalue weighted by molar-refractivity contribution is 0.301. The van der Waals surface area contributed by atoms with Gasteiger partial charge in [0.2, 0.25) is 5.95 Å². The Morgan fingerprint density at radius 1 is 0.848 bits per heavy atom. The zero-order valence-corrected chi connectivity index (χ0v) is 19.6. The molecule has 1 saturated carbocycles. The Hall–Kier alpha value is -2.92. The summed E-state index contributed by atoms with van der Waals surface area (Å²) in [4.78, 5) is 14.4. The lowest BCUT2D eigenvalue weighted by Crippen LogP contribution is -2.44. The third kappa shape index (κ3) is 3.78. The van der Waals surface area contributed by atoms with Gasteiger partial charge in [0.25, 0.3) is 0 Å². The molecule has 2 aromatic carbocycles. The Kier molecular flexibility index (Phi) is 5.30. The summed E-state index contributed by atoms with van der Waals surface area (Å²) in [5.74, 6) is 0.887. The summed E-state index contributed by atoms with van der Waals surface area (Å²) in [5, 5.41) is 3.41. The first kappa shape index (κ1) is 20.7. The average molecular weight is 440 g/mol. The topological polar surface area (TPSA) is 44.3 Å². The van der Waals surface area contributed by atoms with E-state index in [0.29, 0.717) is 0 Å². The van der Waals surface area contributed by atoms with Crippen molar-refractivity contribution in [1.82, 2.24) is 15.3 Å². The zero-order chi connectivity index (χ0) is 22.3. The number of aryl methyl sites for hydroxylation is 1. The Morgan fingerprint density at radius 2 is 1.55 bits per heavy atom. The number of aromatic nitrogens is 2. The molecule has 0 bridgehead atoms. The number of hydrogen-bond donors (Lipinski definition) is 1. The molecule has 0 unspecified atom stereocenters. The van der Waals surface area contributed by atoms with Crippen LogP contribution >= 0.6 is 0 Å². The Bertz CT molecular complexity index is 1110. The van der Waals surface area contributed by atoms with E-state index in [1.807, 2.05) is 0 Å². The molecule has 170 valence electrons. The predicted octanol–water partition coefficient (Wildman–Crippen LogP) is 4.23. The molecule has 1 saturated heterocycles. The van der Waals surface area contributed by atoms with Crippen LogP contribution in [-0.4, -0.2) is 42.7 Å². The molecule has 5 nitrogen and oxygen atoms in total. The van der Waals surface area contributed by atoms with Crippen molar-refractivity contribution >= 4 is 11.6 Å². The van der Waals surface area contributed by atoms with E-state index in [-0.39, 0.29) is 5.41 Å². The molecular formula is C28H33N5. The van der Waals surface area contributed by atoms with Gasteiger partial charge in [-0.1, -0.05) is 48.4 Å². The van der Waals surface area contributed by atoms with Crippen molar-refractivity contribution in [3.8, 4) is 0 Å². The summed E-state index contributed by atoms with van der Waals surface area (Å²) in [6.07, 6.45) is 6.87. The number of piperazine rings is 1. The first-order valence-electron chi connectivity index (χ1n) is 12.4. The number of rotatable bonds is 4. The molecular weight excluding hydrogens is 406 g/mol. The molecule has 2 aliphatic heterocycles. The normalized spacial score (nSPS) is 19.7. The van der Waals surface area contributed by atoms with Crippen LogP contribution in [0.4, 0.5) is 11.6 Å². The van der Waals surface area contributed by atoms with E-state index in [0.717, 1.165) is 51.6 Å². The van der Waals surface area contributed by atoms with E-state index in [1.54, 1.807) is 0 Å². The minimum absolute atomic E-state index is 0.201. The van der Waals surface area contributed by atoms with Crippen LogP contribution < -0.4 is 15.1 Å². The number of fused-ring (bicyclic) bond motifs is 1. The molecule has 0 amide bonds. The lowest BCUT2D eigenvalue weighted by Gasteiger charge is -2.43. The minimum atomic E-state index is 0.201. The minimum Gasteiger partial charge on any atom is -0.365 e. The smallest absolute Gasteiger partial charge is 0.225 e. The quantitative estimate of drug-likeness (QED) is 0.659. The van der Waals surface area contributed by atoms with E-state index in [1.165, 1.54) is 52.9 Å². The second kappa shape index (κ2) is 8.45. The van der Waals surface area contributed by atoms with E-state index < -0.39 is 0 Å². The van der Waals surface area contributed by atoms with Gasteiger partial charge in [0, 0.05) is 50.0 Å². The molecule has 2 fully saturated rings. The van der Waals surface area contributed by atoms with Crippen LogP contribution in [-0.2, 0) is 18.4 Å². The van der Waals surface area contributed by atoms with Crippen molar-refractivity contribution in [2.45, 2.75) is 44.6 Å². The van der Waals surface area contributed by atoms with Crippen molar-refractivity contribution in [1.29, 1.82) is 0 Å². The summed E-state index contributed by atoms with van der Waals surface area (Å²) >= 11 is 0. The molecule has 5 heteroatoms. The summed E-state index contributed by atoms with van der Waals surface area (Å²) in [7, 11) is 0. The summed E-state index contributed by atoms with van der Waals surface area (Å²) in [6.45, 7) is 8.01. The molecule has 6 rings (SSSR count). The maximum Gasteiger partial charge on any atom is 0.225 e. The zero-order valence-electron chi connectivity index (χ0n) is 19.6. The number of hydrogen-bond acceptors (Lipinski definition) is 5. The van der Waals surface area contributed by atoms with Gasteiger partial charge in [-0.05, 0) is 55.0 Å². The number of nitrogens with one attached hydrogen (secondary N) is 1. The fourth-order valence-corrected chi connectivity index (χ4v) is 5.67. The SMILES string of the molecule is Cc1ccc(C2(c3ccc(N4CCc5cnc(N6CCNCC6)nc5C4)cc3)CCC2)cc1. The van der Waals surface area contributed by atoms with Crippen molar-refractivity contribution in [3.63, 3.8) is 0 Å². The van der Waals surface area contributed by atoms with Crippen LogP contribution in [0, 0.1) is 6.92 Å². The monoisotopic (exact) mass is 439 g/mol. The van der Waals surface area contributed by atoms with Gasteiger partial charge in [-0.3, -0.25) is 0 Å². The van der Waals surface area contributed by atoms with Gasteiger partial charge >= 0.3 is 0 Å². The predicted molar refractivity (Wildman–Crippen MR) is 134 cm³/mol. The van der Waals surface area contributed by atoms with Crippen LogP contribution in [0.5, 0.6) is 0 Å². The first-order chi connectivity index (χ1) is 16.2. The molecule has 3 aliphatic rings. The highest BCUT2D eigenvalue weighted by Gasteiger charge is 2.40. The van der Waals surface area contributed by atoms with Gasteiger partial charge in [0.05, 0.1) is 12.2 Å². The van der Waals surface area contributed by atoms with Crippen molar-refractivity contribution in [3.05, 3.63) is 82.7 Å². The summed E-state index contributed by atoms with van der Waals surface area (Å²) in [5.41, 5.74) is 8.24. The number of nitrogens with zero attached hydrogens (tertiary/aromatic N) is 4. The van der Waals surface area contributed by atoms with Gasteiger partial charge in [-0.2, -0.15) is 0 Å². The van der Waals surface area contributed by atoms with Crippen LogP contribution in [0.15, 0.2) is 54.7 Å². The van der Waals surface area contributed by atoms with Gasteiger partial charge in [0.15, 0.2) is 0 Å². The lowest BCUT2D eigenvalue weighted by atomic mass is 9.60. The Labute approximate surface area is 196 Å². The fourth-order valence-electron chi connectivity index (χ4n) is 5.67. The highest BCUT2D eigenvalue weighted by atomic mass is 15.3.